The lowest BCUT2D eigenvalue weighted by atomic mass is 9.77. The Labute approximate surface area is 159 Å². The highest BCUT2D eigenvalue weighted by Crippen LogP contribution is 2.29. The molecule has 4 aromatic carbocycles. The van der Waals surface area contributed by atoms with E-state index in [4.69, 9.17) is 0 Å². The molecule has 0 saturated heterocycles. The summed E-state index contributed by atoms with van der Waals surface area (Å²) >= 11 is 0. The van der Waals surface area contributed by atoms with Crippen LogP contribution in [0.3, 0.4) is 0 Å². The Hall–Kier alpha value is -2.66. The minimum Gasteiger partial charge on any atom is -0.423 e. The van der Waals surface area contributed by atoms with E-state index in [9.17, 15) is 10.0 Å². The summed E-state index contributed by atoms with van der Waals surface area (Å²) in [6, 6.07) is 26.7. The normalized spacial score (nSPS) is 11.4. The Morgan fingerprint density at radius 1 is 0.741 bits per heavy atom. The molecule has 4 heteroatoms. The van der Waals surface area contributed by atoms with E-state index in [0.717, 1.165) is 12.1 Å². The fraction of sp³-hybridized carbons (Fsp3) is 0.130. The Morgan fingerprint density at radius 2 is 1.30 bits per heavy atom. The summed E-state index contributed by atoms with van der Waals surface area (Å²) in [4.78, 5) is 2.22. The number of nitrogens with zero attached hydrogens (tertiary/aromatic N) is 1. The molecular weight excluding hydrogens is 333 g/mol. The summed E-state index contributed by atoms with van der Waals surface area (Å²) in [5.74, 6) is 0. The van der Waals surface area contributed by atoms with Gasteiger partial charge in [-0.25, -0.2) is 0 Å². The molecule has 27 heavy (non-hydrogen) atoms. The maximum Gasteiger partial charge on any atom is 0.488 e. The van der Waals surface area contributed by atoms with Gasteiger partial charge in [0.1, 0.15) is 0 Å². The van der Waals surface area contributed by atoms with Crippen LogP contribution < -0.4 is 5.46 Å². The molecule has 0 amide bonds. The molecule has 0 aliphatic rings. The first-order chi connectivity index (χ1) is 13.1. The van der Waals surface area contributed by atoms with Gasteiger partial charge in [-0.3, -0.25) is 4.90 Å². The van der Waals surface area contributed by atoms with Gasteiger partial charge in [0.2, 0.25) is 0 Å². The van der Waals surface area contributed by atoms with Crippen LogP contribution in [0.5, 0.6) is 0 Å². The van der Waals surface area contributed by atoms with Gasteiger partial charge in [-0.15, -0.1) is 0 Å². The molecule has 0 unspecified atom stereocenters. The van der Waals surface area contributed by atoms with E-state index in [1.807, 2.05) is 18.2 Å². The fourth-order valence-corrected chi connectivity index (χ4v) is 3.83. The summed E-state index contributed by atoms with van der Waals surface area (Å²) < 4.78 is 0. The van der Waals surface area contributed by atoms with Gasteiger partial charge in [0, 0.05) is 13.1 Å². The first kappa shape index (κ1) is 17.7. The van der Waals surface area contributed by atoms with Crippen LogP contribution in [0, 0.1) is 0 Å². The maximum absolute atomic E-state index is 9.63. The van der Waals surface area contributed by atoms with Crippen LogP contribution in [-0.2, 0) is 13.1 Å². The highest BCUT2D eigenvalue weighted by Gasteiger charge is 2.17. The molecule has 3 nitrogen and oxygen atoms in total. The third kappa shape index (κ3) is 3.60. The Morgan fingerprint density at radius 3 is 1.93 bits per heavy atom. The summed E-state index contributed by atoms with van der Waals surface area (Å²) in [6.07, 6.45) is 0. The number of fused-ring (bicyclic) bond motifs is 2. The van der Waals surface area contributed by atoms with Gasteiger partial charge in [0.05, 0.1) is 0 Å². The third-order valence-corrected chi connectivity index (χ3v) is 5.08. The zero-order chi connectivity index (χ0) is 18.8. The summed E-state index contributed by atoms with van der Waals surface area (Å²) in [5.41, 5.74) is 2.79. The molecule has 2 N–H and O–H groups in total. The second kappa shape index (κ2) is 7.53. The van der Waals surface area contributed by atoms with Crippen molar-refractivity contribution in [3.63, 3.8) is 0 Å². The van der Waals surface area contributed by atoms with Gasteiger partial charge in [-0.1, -0.05) is 72.8 Å². The molecule has 4 aromatic rings. The molecule has 0 aliphatic carbocycles. The minimum absolute atomic E-state index is 0.562. The average molecular weight is 355 g/mol. The van der Waals surface area contributed by atoms with Crippen LogP contribution in [0.4, 0.5) is 0 Å². The van der Waals surface area contributed by atoms with Crippen LogP contribution in [0.25, 0.3) is 21.5 Å². The second-order valence-electron chi connectivity index (χ2n) is 7.04. The zero-order valence-electron chi connectivity index (χ0n) is 15.3. The van der Waals surface area contributed by atoms with Gasteiger partial charge in [-0.05, 0) is 51.2 Å². The highest BCUT2D eigenvalue weighted by molar-refractivity contribution is 6.59. The monoisotopic (exact) mass is 355 g/mol. The SMILES string of the molecule is CN(Cc1ccccc1B(O)O)Cc1c2ccccc2cc2ccccc12. The van der Waals surface area contributed by atoms with Crippen molar-refractivity contribution < 1.29 is 10.0 Å². The van der Waals surface area contributed by atoms with Crippen molar-refractivity contribution in [2.45, 2.75) is 13.1 Å². The Kier molecular flexibility index (Phi) is 4.95. The lowest BCUT2D eigenvalue weighted by Crippen LogP contribution is -2.34. The number of benzene rings is 4. The van der Waals surface area contributed by atoms with Crippen molar-refractivity contribution in [1.82, 2.24) is 4.90 Å². The van der Waals surface area contributed by atoms with Gasteiger partial charge in [0.15, 0.2) is 0 Å². The van der Waals surface area contributed by atoms with Crippen molar-refractivity contribution in [3.8, 4) is 0 Å². The molecule has 0 atom stereocenters. The minimum atomic E-state index is -1.45. The van der Waals surface area contributed by atoms with Gasteiger partial charge in [-0.2, -0.15) is 0 Å². The maximum atomic E-state index is 9.63. The van der Waals surface area contributed by atoms with Crippen LogP contribution in [0.2, 0.25) is 0 Å². The Bertz CT molecular complexity index is 1040. The van der Waals surface area contributed by atoms with E-state index < -0.39 is 7.12 Å². The number of hydrogen-bond acceptors (Lipinski definition) is 3. The van der Waals surface area contributed by atoms with Gasteiger partial charge in [0.25, 0.3) is 0 Å². The smallest absolute Gasteiger partial charge is 0.423 e. The van der Waals surface area contributed by atoms with Crippen LogP contribution in [-0.4, -0.2) is 29.1 Å². The Balaban J connectivity index is 1.72. The molecular formula is C23H22BNO2. The zero-order valence-corrected chi connectivity index (χ0v) is 15.3. The first-order valence-corrected chi connectivity index (χ1v) is 9.15. The van der Waals surface area contributed by atoms with E-state index >= 15 is 0 Å². The van der Waals surface area contributed by atoms with Crippen LogP contribution >= 0.6 is 0 Å². The fourth-order valence-electron chi connectivity index (χ4n) is 3.83. The van der Waals surface area contributed by atoms with Crippen LogP contribution in [0.15, 0.2) is 78.9 Å². The van der Waals surface area contributed by atoms with E-state index in [-0.39, 0.29) is 0 Å². The summed E-state index contributed by atoms with van der Waals surface area (Å²) in [5, 5.41) is 24.3. The molecule has 0 bridgehead atoms. The molecule has 0 radical (unpaired) electrons. The first-order valence-electron chi connectivity index (χ1n) is 9.15. The number of hydrogen-bond donors (Lipinski definition) is 2. The van der Waals surface area contributed by atoms with Gasteiger partial charge >= 0.3 is 7.12 Å². The van der Waals surface area contributed by atoms with Crippen LogP contribution in [0.1, 0.15) is 11.1 Å². The molecule has 0 fully saturated rings. The number of rotatable bonds is 5. The highest BCUT2D eigenvalue weighted by atomic mass is 16.4. The largest absolute Gasteiger partial charge is 0.488 e. The molecule has 0 aliphatic heterocycles. The lowest BCUT2D eigenvalue weighted by molar-refractivity contribution is 0.321. The van der Waals surface area contributed by atoms with Crippen molar-refractivity contribution in [3.05, 3.63) is 90.0 Å². The summed E-state index contributed by atoms with van der Waals surface area (Å²) in [7, 11) is 0.616. The quantitative estimate of drug-likeness (QED) is 0.426. The van der Waals surface area contributed by atoms with Gasteiger partial charge < -0.3 is 10.0 Å². The van der Waals surface area contributed by atoms with Crippen molar-refractivity contribution >= 4 is 34.1 Å². The molecule has 0 aromatic heterocycles. The topological polar surface area (TPSA) is 43.7 Å². The summed E-state index contributed by atoms with van der Waals surface area (Å²) in [6.45, 7) is 1.42. The van der Waals surface area contributed by atoms with E-state index in [1.54, 1.807) is 6.07 Å². The van der Waals surface area contributed by atoms with Crippen molar-refractivity contribution in [2.24, 2.45) is 0 Å². The van der Waals surface area contributed by atoms with Crippen molar-refractivity contribution in [2.75, 3.05) is 7.05 Å². The molecule has 0 heterocycles. The average Bonchev–Trinajstić information content (AvgIpc) is 2.68. The molecule has 0 saturated carbocycles. The van der Waals surface area contributed by atoms with E-state index in [2.05, 4.69) is 66.5 Å². The van der Waals surface area contributed by atoms with E-state index in [0.29, 0.717) is 12.0 Å². The lowest BCUT2D eigenvalue weighted by Gasteiger charge is -2.21. The molecule has 0 spiro atoms. The van der Waals surface area contributed by atoms with Crippen molar-refractivity contribution in [1.29, 1.82) is 0 Å². The predicted molar refractivity (Wildman–Crippen MR) is 113 cm³/mol. The standard InChI is InChI=1S/C23H22BNO2/c1-25(15-19-10-4-7-13-23(19)24(26)27)16-22-20-11-5-2-8-17(20)14-18-9-3-6-12-21(18)22/h2-14,26-27H,15-16H2,1H3. The van der Waals surface area contributed by atoms with E-state index in [1.165, 1.54) is 27.1 Å². The second-order valence-corrected chi connectivity index (χ2v) is 7.04. The molecule has 4 rings (SSSR count). The molecule has 134 valence electrons. The predicted octanol–water partition coefficient (Wildman–Crippen LogP) is 3.30. The third-order valence-electron chi connectivity index (χ3n) is 5.08.